The highest BCUT2D eigenvalue weighted by Crippen LogP contribution is 2.11. The molecule has 4 nitrogen and oxygen atoms in total. The molecule has 1 saturated heterocycles. The maximum atomic E-state index is 5.14. The van der Waals surface area contributed by atoms with Crippen LogP contribution in [-0.4, -0.2) is 41.0 Å². The Kier molecular flexibility index (Phi) is 2.33. The Morgan fingerprint density at radius 2 is 2.46 bits per heavy atom. The van der Waals surface area contributed by atoms with Crippen LogP contribution in [0.5, 0.6) is 0 Å². The molecular formula is C9H15N3O. The molecule has 0 amide bonds. The van der Waals surface area contributed by atoms with E-state index in [-0.39, 0.29) is 0 Å². The third-order valence-electron chi connectivity index (χ3n) is 2.58. The Hall–Kier alpha value is -0.870. The van der Waals surface area contributed by atoms with Gasteiger partial charge in [0.1, 0.15) is 0 Å². The van der Waals surface area contributed by atoms with Crippen LogP contribution in [0.4, 0.5) is 0 Å². The van der Waals surface area contributed by atoms with Crippen LogP contribution in [0.15, 0.2) is 12.3 Å². The molecule has 72 valence electrons. The van der Waals surface area contributed by atoms with Crippen molar-refractivity contribution in [3.63, 3.8) is 0 Å². The topological polar surface area (TPSA) is 30.3 Å². The van der Waals surface area contributed by atoms with Crippen molar-refractivity contribution in [2.75, 3.05) is 20.3 Å². The van der Waals surface area contributed by atoms with Gasteiger partial charge in [0.25, 0.3) is 0 Å². The fraction of sp³-hybridized carbons (Fsp3) is 0.667. The van der Waals surface area contributed by atoms with Crippen LogP contribution >= 0.6 is 0 Å². The van der Waals surface area contributed by atoms with Crippen LogP contribution in [0, 0.1) is 0 Å². The summed E-state index contributed by atoms with van der Waals surface area (Å²) in [6.45, 7) is 2.69. The average molecular weight is 181 g/mol. The molecule has 1 aliphatic rings. The first-order valence-electron chi connectivity index (χ1n) is 4.52. The normalized spacial score (nSPS) is 17.8. The highest BCUT2D eigenvalue weighted by Gasteiger charge is 2.23. The monoisotopic (exact) mass is 181 g/mol. The van der Waals surface area contributed by atoms with Gasteiger partial charge < -0.3 is 4.74 Å². The van der Waals surface area contributed by atoms with Gasteiger partial charge in [0.05, 0.1) is 24.9 Å². The molecule has 0 saturated carbocycles. The van der Waals surface area contributed by atoms with Gasteiger partial charge in [0.2, 0.25) is 0 Å². The van der Waals surface area contributed by atoms with Crippen LogP contribution in [-0.2, 0) is 18.3 Å². The fourth-order valence-corrected chi connectivity index (χ4v) is 1.42. The minimum absolute atomic E-state index is 0.592. The van der Waals surface area contributed by atoms with Gasteiger partial charge in [0.15, 0.2) is 0 Å². The van der Waals surface area contributed by atoms with Crippen molar-refractivity contribution in [3.8, 4) is 0 Å². The Labute approximate surface area is 78.1 Å². The van der Waals surface area contributed by atoms with Gasteiger partial charge in [-0.1, -0.05) is 0 Å². The highest BCUT2D eigenvalue weighted by atomic mass is 16.5. The first kappa shape index (κ1) is 8.72. The molecule has 4 heteroatoms. The second kappa shape index (κ2) is 3.47. The van der Waals surface area contributed by atoms with E-state index in [0.29, 0.717) is 6.04 Å². The third-order valence-corrected chi connectivity index (χ3v) is 2.58. The van der Waals surface area contributed by atoms with Crippen molar-refractivity contribution >= 4 is 0 Å². The van der Waals surface area contributed by atoms with Crippen LogP contribution in [0.3, 0.4) is 0 Å². The Morgan fingerprint density at radius 1 is 1.69 bits per heavy atom. The molecule has 1 fully saturated rings. The molecule has 0 bridgehead atoms. The average Bonchev–Trinajstić information content (AvgIpc) is 2.32. The lowest BCUT2D eigenvalue weighted by atomic mass is 10.2. The lowest BCUT2D eigenvalue weighted by Crippen LogP contribution is -2.46. The molecule has 1 aromatic heterocycles. The van der Waals surface area contributed by atoms with E-state index >= 15 is 0 Å². The predicted molar refractivity (Wildman–Crippen MR) is 49.3 cm³/mol. The van der Waals surface area contributed by atoms with Crippen molar-refractivity contribution < 1.29 is 4.74 Å². The zero-order valence-electron chi connectivity index (χ0n) is 8.10. The number of ether oxygens (including phenoxy) is 1. The number of nitrogens with zero attached hydrogens (tertiary/aromatic N) is 3. The molecule has 13 heavy (non-hydrogen) atoms. The molecule has 2 heterocycles. The second-order valence-electron chi connectivity index (χ2n) is 3.55. The van der Waals surface area contributed by atoms with E-state index in [1.807, 2.05) is 17.9 Å². The quantitative estimate of drug-likeness (QED) is 0.669. The summed E-state index contributed by atoms with van der Waals surface area (Å²) in [7, 11) is 4.10. The number of hydrogen-bond acceptors (Lipinski definition) is 3. The summed E-state index contributed by atoms with van der Waals surface area (Å²) in [4.78, 5) is 2.31. The molecule has 0 aromatic carbocycles. The zero-order chi connectivity index (χ0) is 9.26. The number of aryl methyl sites for hydroxylation is 1. The Morgan fingerprint density at radius 3 is 2.92 bits per heavy atom. The van der Waals surface area contributed by atoms with E-state index in [4.69, 9.17) is 4.74 Å². The smallest absolute Gasteiger partial charge is 0.0645 e. The molecule has 0 radical (unpaired) electrons. The molecular weight excluding hydrogens is 166 g/mol. The molecule has 1 aliphatic heterocycles. The van der Waals surface area contributed by atoms with Crippen molar-refractivity contribution in [2.45, 2.75) is 12.6 Å². The zero-order valence-corrected chi connectivity index (χ0v) is 8.10. The van der Waals surface area contributed by atoms with Gasteiger partial charge in [-0.25, -0.2) is 0 Å². The van der Waals surface area contributed by atoms with Gasteiger partial charge in [0, 0.05) is 19.8 Å². The van der Waals surface area contributed by atoms with Crippen molar-refractivity contribution in [3.05, 3.63) is 18.0 Å². The van der Waals surface area contributed by atoms with Crippen molar-refractivity contribution in [1.29, 1.82) is 0 Å². The predicted octanol–water partition coefficient (Wildman–Crippen LogP) is 0.251. The van der Waals surface area contributed by atoms with E-state index in [1.165, 1.54) is 5.69 Å². The van der Waals surface area contributed by atoms with Crippen LogP contribution < -0.4 is 0 Å². The van der Waals surface area contributed by atoms with Crippen LogP contribution in [0.2, 0.25) is 0 Å². The lowest BCUT2D eigenvalue weighted by molar-refractivity contribution is -0.0592. The summed E-state index contributed by atoms with van der Waals surface area (Å²) < 4.78 is 7.05. The summed E-state index contributed by atoms with van der Waals surface area (Å²) in [6, 6.07) is 2.64. The first-order chi connectivity index (χ1) is 6.27. The lowest BCUT2D eigenvalue weighted by Gasteiger charge is -2.34. The SMILES string of the molecule is CN(Cc1ccnn1C)C1COC1. The third kappa shape index (κ3) is 1.73. The summed E-state index contributed by atoms with van der Waals surface area (Å²) >= 11 is 0. The molecule has 0 atom stereocenters. The van der Waals surface area contributed by atoms with Gasteiger partial charge >= 0.3 is 0 Å². The maximum Gasteiger partial charge on any atom is 0.0645 e. The minimum Gasteiger partial charge on any atom is -0.378 e. The number of likely N-dealkylation sites (N-methyl/N-ethyl adjacent to an activating group) is 1. The summed E-state index contributed by atoms with van der Waals surface area (Å²) in [5.41, 5.74) is 1.24. The molecule has 1 aromatic rings. The van der Waals surface area contributed by atoms with Crippen molar-refractivity contribution in [1.82, 2.24) is 14.7 Å². The van der Waals surface area contributed by atoms with E-state index in [2.05, 4.69) is 23.1 Å². The molecule has 0 N–H and O–H groups in total. The summed E-state index contributed by atoms with van der Waals surface area (Å²) in [5.74, 6) is 0. The summed E-state index contributed by atoms with van der Waals surface area (Å²) in [6.07, 6.45) is 1.83. The Bertz CT molecular complexity index is 280. The number of rotatable bonds is 3. The highest BCUT2D eigenvalue weighted by molar-refractivity contribution is 5.00. The first-order valence-corrected chi connectivity index (χ1v) is 4.52. The van der Waals surface area contributed by atoms with Crippen LogP contribution in [0.25, 0.3) is 0 Å². The number of hydrogen-bond donors (Lipinski definition) is 0. The van der Waals surface area contributed by atoms with Gasteiger partial charge in [-0.15, -0.1) is 0 Å². The number of aromatic nitrogens is 2. The molecule has 0 aliphatic carbocycles. The molecule has 0 spiro atoms. The largest absolute Gasteiger partial charge is 0.378 e. The molecule has 0 unspecified atom stereocenters. The minimum atomic E-state index is 0.592. The standard InChI is InChI=1S/C9H15N3O/c1-11(9-6-13-7-9)5-8-3-4-10-12(8)2/h3-4,9H,5-7H2,1-2H3. The van der Waals surface area contributed by atoms with E-state index < -0.39 is 0 Å². The van der Waals surface area contributed by atoms with Crippen LogP contribution in [0.1, 0.15) is 5.69 Å². The second-order valence-corrected chi connectivity index (χ2v) is 3.55. The van der Waals surface area contributed by atoms with E-state index in [9.17, 15) is 0 Å². The fourth-order valence-electron chi connectivity index (χ4n) is 1.42. The van der Waals surface area contributed by atoms with Gasteiger partial charge in [-0.2, -0.15) is 5.10 Å². The summed E-state index contributed by atoms with van der Waals surface area (Å²) in [5, 5.41) is 4.13. The Balaban J connectivity index is 1.93. The molecule has 2 rings (SSSR count). The maximum absolute atomic E-state index is 5.14. The van der Waals surface area contributed by atoms with Gasteiger partial charge in [-0.05, 0) is 13.1 Å². The van der Waals surface area contributed by atoms with E-state index in [1.54, 1.807) is 0 Å². The van der Waals surface area contributed by atoms with Crippen molar-refractivity contribution in [2.24, 2.45) is 7.05 Å². The van der Waals surface area contributed by atoms with E-state index in [0.717, 1.165) is 19.8 Å². The van der Waals surface area contributed by atoms with Gasteiger partial charge in [-0.3, -0.25) is 9.58 Å².